The zero-order chi connectivity index (χ0) is 20.0. The molecule has 0 aliphatic heterocycles. The van der Waals surface area contributed by atoms with Crippen LogP contribution in [-0.2, 0) is 0 Å². The summed E-state index contributed by atoms with van der Waals surface area (Å²) >= 11 is 12.1. The predicted octanol–water partition coefficient (Wildman–Crippen LogP) is 6.05. The van der Waals surface area contributed by atoms with Gasteiger partial charge in [0, 0.05) is 22.8 Å². The maximum Gasteiger partial charge on any atom is 0.339 e. The zero-order valence-corrected chi connectivity index (χ0v) is 16.8. The lowest BCUT2D eigenvalue weighted by Crippen LogP contribution is -2.06. The first kappa shape index (κ1) is 18.6. The van der Waals surface area contributed by atoms with Crippen molar-refractivity contribution in [3.63, 3.8) is 0 Å². The van der Waals surface area contributed by atoms with Gasteiger partial charge in [0.2, 0.25) is 0 Å². The van der Waals surface area contributed by atoms with Crippen molar-refractivity contribution in [1.82, 2.24) is 5.16 Å². The van der Waals surface area contributed by atoms with E-state index in [0.29, 0.717) is 44.0 Å². The lowest BCUT2D eigenvalue weighted by Gasteiger charge is -2.10. The van der Waals surface area contributed by atoms with Crippen molar-refractivity contribution in [1.29, 1.82) is 0 Å². The first-order valence-corrected chi connectivity index (χ1v) is 9.19. The Bertz CT molecular complexity index is 1270. The van der Waals surface area contributed by atoms with Gasteiger partial charge in [-0.1, -0.05) is 34.4 Å². The van der Waals surface area contributed by atoms with Crippen LogP contribution in [0.5, 0.6) is 5.75 Å². The standard InChI is InChI=1S/C21H15Cl2NO4/c1-10-11(2)21(25)27-19-8-13(7-18(26-3)20(10)19)17-9-16(24-28-17)12-4-5-14(22)15(23)6-12/h4-9H,1-3H3. The summed E-state index contributed by atoms with van der Waals surface area (Å²) in [5.74, 6) is 1.09. The Morgan fingerprint density at radius 3 is 2.46 bits per heavy atom. The second kappa shape index (κ2) is 7.00. The van der Waals surface area contributed by atoms with Crippen molar-refractivity contribution in [2.45, 2.75) is 13.8 Å². The molecule has 2 aromatic carbocycles. The number of ether oxygens (including phenoxy) is 1. The Kier molecular flexibility index (Phi) is 4.65. The molecule has 0 aliphatic rings. The number of benzene rings is 2. The first-order chi connectivity index (χ1) is 13.4. The molecule has 0 saturated heterocycles. The van der Waals surface area contributed by atoms with Crippen molar-refractivity contribution >= 4 is 34.2 Å². The Labute approximate surface area is 170 Å². The number of hydrogen-bond acceptors (Lipinski definition) is 5. The molecule has 0 atom stereocenters. The van der Waals surface area contributed by atoms with E-state index >= 15 is 0 Å². The van der Waals surface area contributed by atoms with Gasteiger partial charge >= 0.3 is 5.63 Å². The van der Waals surface area contributed by atoms with Crippen LogP contribution < -0.4 is 10.4 Å². The fourth-order valence-corrected chi connectivity index (χ4v) is 3.36. The number of methoxy groups -OCH3 is 1. The number of fused-ring (bicyclic) bond motifs is 1. The van der Waals surface area contributed by atoms with Crippen LogP contribution in [0.15, 0.2) is 50.1 Å². The van der Waals surface area contributed by atoms with Crippen molar-refractivity contribution in [2.24, 2.45) is 0 Å². The summed E-state index contributed by atoms with van der Waals surface area (Å²) < 4.78 is 16.5. The minimum absolute atomic E-state index is 0.377. The van der Waals surface area contributed by atoms with Gasteiger partial charge in [0.15, 0.2) is 5.76 Å². The van der Waals surface area contributed by atoms with Gasteiger partial charge in [-0.15, -0.1) is 0 Å². The molecule has 2 heterocycles. The van der Waals surface area contributed by atoms with E-state index in [1.807, 2.05) is 19.1 Å². The highest BCUT2D eigenvalue weighted by Crippen LogP contribution is 2.36. The number of aromatic nitrogens is 1. The molecule has 0 amide bonds. The SMILES string of the molecule is COc1cc(-c2cc(-c3ccc(Cl)c(Cl)c3)no2)cc2oc(=O)c(C)c(C)c12. The van der Waals surface area contributed by atoms with E-state index < -0.39 is 0 Å². The van der Waals surface area contributed by atoms with E-state index in [1.54, 1.807) is 38.3 Å². The van der Waals surface area contributed by atoms with Crippen LogP contribution >= 0.6 is 23.2 Å². The van der Waals surface area contributed by atoms with Crippen LogP contribution in [0.1, 0.15) is 11.1 Å². The summed E-state index contributed by atoms with van der Waals surface area (Å²) in [7, 11) is 1.57. The van der Waals surface area contributed by atoms with Crippen molar-refractivity contribution < 1.29 is 13.7 Å². The Morgan fingerprint density at radius 1 is 0.964 bits per heavy atom. The van der Waals surface area contributed by atoms with E-state index in [2.05, 4.69) is 5.16 Å². The monoisotopic (exact) mass is 415 g/mol. The number of hydrogen-bond donors (Lipinski definition) is 0. The first-order valence-electron chi connectivity index (χ1n) is 8.43. The molecule has 7 heteroatoms. The van der Waals surface area contributed by atoms with Gasteiger partial charge in [-0.3, -0.25) is 0 Å². The predicted molar refractivity (Wildman–Crippen MR) is 109 cm³/mol. The molecule has 0 fully saturated rings. The smallest absolute Gasteiger partial charge is 0.339 e. The summed E-state index contributed by atoms with van der Waals surface area (Å²) in [4.78, 5) is 12.1. The number of rotatable bonds is 3. The van der Waals surface area contributed by atoms with E-state index in [9.17, 15) is 4.79 Å². The summed E-state index contributed by atoms with van der Waals surface area (Å²) in [5, 5.41) is 5.77. The van der Waals surface area contributed by atoms with Gasteiger partial charge < -0.3 is 13.7 Å². The second-order valence-electron chi connectivity index (χ2n) is 6.40. The maximum atomic E-state index is 12.1. The minimum atomic E-state index is -0.377. The number of nitrogens with zero attached hydrogens (tertiary/aromatic N) is 1. The van der Waals surface area contributed by atoms with E-state index in [1.165, 1.54) is 0 Å². The third-order valence-electron chi connectivity index (χ3n) is 4.74. The minimum Gasteiger partial charge on any atom is -0.496 e. The van der Waals surface area contributed by atoms with E-state index in [0.717, 1.165) is 16.5 Å². The molecule has 0 N–H and O–H groups in total. The largest absolute Gasteiger partial charge is 0.496 e. The van der Waals surface area contributed by atoms with Gasteiger partial charge in [0.05, 0.1) is 22.5 Å². The molecule has 0 saturated carbocycles. The lowest BCUT2D eigenvalue weighted by atomic mass is 10.0. The average Bonchev–Trinajstić information content (AvgIpc) is 3.17. The molecule has 0 radical (unpaired) electrons. The molecule has 0 bridgehead atoms. The molecule has 0 spiro atoms. The van der Waals surface area contributed by atoms with E-state index in [-0.39, 0.29) is 5.63 Å². The molecule has 5 nitrogen and oxygen atoms in total. The van der Waals surface area contributed by atoms with Gasteiger partial charge in [0.1, 0.15) is 17.0 Å². The molecule has 4 aromatic rings. The quantitative estimate of drug-likeness (QED) is 0.381. The highest BCUT2D eigenvalue weighted by Gasteiger charge is 2.17. The summed E-state index contributed by atoms with van der Waals surface area (Å²) in [6, 6.07) is 10.6. The van der Waals surface area contributed by atoms with Crippen LogP contribution in [0.25, 0.3) is 33.6 Å². The molecule has 0 unspecified atom stereocenters. The van der Waals surface area contributed by atoms with Crippen molar-refractivity contribution in [3.05, 3.63) is 68.0 Å². The molecular formula is C21H15Cl2NO4. The molecule has 2 aromatic heterocycles. The topological polar surface area (TPSA) is 65.5 Å². The Balaban J connectivity index is 1.86. The lowest BCUT2D eigenvalue weighted by molar-refractivity contribution is 0.416. The van der Waals surface area contributed by atoms with Crippen LogP contribution in [0.3, 0.4) is 0 Å². The average molecular weight is 416 g/mol. The van der Waals surface area contributed by atoms with Crippen LogP contribution in [0.2, 0.25) is 10.0 Å². The molecule has 142 valence electrons. The number of aryl methyl sites for hydroxylation is 1. The van der Waals surface area contributed by atoms with Gasteiger partial charge in [-0.25, -0.2) is 4.79 Å². The summed E-state index contributed by atoms with van der Waals surface area (Å²) in [6.45, 7) is 3.60. The van der Waals surface area contributed by atoms with Gasteiger partial charge in [-0.2, -0.15) is 0 Å². The van der Waals surface area contributed by atoms with Crippen LogP contribution in [-0.4, -0.2) is 12.3 Å². The highest BCUT2D eigenvalue weighted by atomic mass is 35.5. The normalized spacial score (nSPS) is 11.2. The Morgan fingerprint density at radius 2 is 1.75 bits per heavy atom. The third-order valence-corrected chi connectivity index (χ3v) is 5.48. The van der Waals surface area contributed by atoms with Crippen molar-refractivity contribution in [2.75, 3.05) is 7.11 Å². The Hall–Kier alpha value is -2.76. The third kappa shape index (κ3) is 3.07. The summed E-state index contributed by atoms with van der Waals surface area (Å²) in [5.41, 5.74) is 3.48. The fourth-order valence-electron chi connectivity index (χ4n) is 3.06. The summed E-state index contributed by atoms with van der Waals surface area (Å²) in [6.07, 6.45) is 0. The van der Waals surface area contributed by atoms with Crippen molar-refractivity contribution in [3.8, 4) is 28.3 Å². The zero-order valence-electron chi connectivity index (χ0n) is 15.3. The maximum absolute atomic E-state index is 12.1. The van der Waals surface area contributed by atoms with E-state index in [4.69, 9.17) is 36.9 Å². The van der Waals surface area contributed by atoms with Crippen LogP contribution in [0.4, 0.5) is 0 Å². The molecule has 4 rings (SSSR count). The number of halogens is 2. The molecule has 0 aliphatic carbocycles. The van der Waals surface area contributed by atoms with Crippen LogP contribution in [0, 0.1) is 13.8 Å². The molecular weight excluding hydrogens is 401 g/mol. The molecule has 28 heavy (non-hydrogen) atoms. The fraction of sp³-hybridized carbons (Fsp3) is 0.143. The highest BCUT2D eigenvalue weighted by molar-refractivity contribution is 6.42. The van der Waals surface area contributed by atoms with Gasteiger partial charge in [-0.05, 0) is 43.7 Å². The second-order valence-corrected chi connectivity index (χ2v) is 7.21. The van der Waals surface area contributed by atoms with Gasteiger partial charge in [0.25, 0.3) is 0 Å².